The molecular formula is C24H30N4O3S2. The molecule has 1 fully saturated rings. The lowest BCUT2D eigenvalue weighted by molar-refractivity contribution is -0.115. The maximum absolute atomic E-state index is 13.0. The lowest BCUT2D eigenvalue weighted by Gasteiger charge is -2.26. The average Bonchev–Trinajstić information content (AvgIpc) is 3.49. The van der Waals surface area contributed by atoms with E-state index < -0.39 is 0 Å². The number of amides is 1. The molecule has 2 aromatic heterocycles. The minimum atomic E-state index is -0.344. The summed E-state index contributed by atoms with van der Waals surface area (Å²) in [5, 5.41) is 14.6. The molecule has 4 rings (SSSR count). The summed E-state index contributed by atoms with van der Waals surface area (Å²) in [6, 6.07) is 9.93. The quantitative estimate of drug-likeness (QED) is 0.398. The molecule has 1 N–H and O–H groups in total. The molecule has 7 nitrogen and oxygen atoms in total. The van der Waals surface area contributed by atoms with Crippen molar-refractivity contribution in [3.8, 4) is 11.5 Å². The van der Waals surface area contributed by atoms with Crippen LogP contribution < -0.4 is 14.8 Å². The highest BCUT2D eigenvalue weighted by Crippen LogP contribution is 2.35. The normalized spacial score (nSPS) is 15.2. The number of hydrogen-bond acceptors (Lipinski definition) is 7. The van der Waals surface area contributed by atoms with Gasteiger partial charge in [-0.3, -0.25) is 4.79 Å². The van der Waals surface area contributed by atoms with Gasteiger partial charge in [0.15, 0.2) is 5.16 Å². The van der Waals surface area contributed by atoms with Crippen LogP contribution in [0.3, 0.4) is 0 Å². The molecule has 2 heterocycles. The Morgan fingerprint density at radius 2 is 1.91 bits per heavy atom. The molecule has 0 saturated heterocycles. The Balaban J connectivity index is 1.51. The number of nitrogens with zero attached hydrogens (tertiary/aromatic N) is 3. The van der Waals surface area contributed by atoms with E-state index in [2.05, 4.69) is 37.6 Å². The topological polar surface area (TPSA) is 78.3 Å². The van der Waals surface area contributed by atoms with Gasteiger partial charge in [-0.25, -0.2) is 0 Å². The van der Waals surface area contributed by atoms with Crippen molar-refractivity contribution in [2.45, 2.75) is 61.9 Å². The minimum Gasteiger partial charge on any atom is -0.497 e. The molecule has 1 atom stereocenters. The largest absolute Gasteiger partial charge is 0.497 e. The van der Waals surface area contributed by atoms with Crippen LogP contribution in [0.15, 0.2) is 40.9 Å². The first kappa shape index (κ1) is 23.6. The Hall–Kier alpha value is -2.52. The first-order chi connectivity index (χ1) is 16.1. The maximum atomic E-state index is 13.0. The van der Waals surface area contributed by atoms with Crippen LogP contribution in [0, 0.1) is 0 Å². The third kappa shape index (κ3) is 5.89. The zero-order chi connectivity index (χ0) is 23.2. The number of aromatic nitrogens is 3. The molecule has 33 heavy (non-hydrogen) atoms. The summed E-state index contributed by atoms with van der Waals surface area (Å²) in [4.78, 5) is 14.3. The fourth-order valence-corrected chi connectivity index (χ4v) is 5.76. The molecule has 1 aliphatic rings. The molecule has 0 radical (unpaired) electrons. The molecule has 0 bridgehead atoms. The summed E-state index contributed by atoms with van der Waals surface area (Å²) in [7, 11) is 3.18. The first-order valence-electron chi connectivity index (χ1n) is 11.2. The number of thiophene rings is 1. The molecule has 1 aliphatic carbocycles. The number of rotatable bonds is 9. The number of nitrogens with one attached hydrogen (secondary N) is 1. The van der Waals surface area contributed by atoms with E-state index in [4.69, 9.17) is 9.47 Å². The Labute approximate surface area is 202 Å². The van der Waals surface area contributed by atoms with Crippen molar-refractivity contribution in [1.82, 2.24) is 14.8 Å². The van der Waals surface area contributed by atoms with Crippen LogP contribution in [0.1, 0.15) is 55.8 Å². The fourth-order valence-electron chi connectivity index (χ4n) is 4.12. The van der Waals surface area contributed by atoms with Crippen LogP contribution in [-0.2, 0) is 11.2 Å². The van der Waals surface area contributed by atoms with Crippen molar-refractivity contribution >= 4 is 34.7 Å². The van der Waals surface area contributed by atoms with Crippen molar-refractivity contribution in [3.63, 3.8) is 0 Å². The SMILES string of the molecule is COc1cc(NC(=O)C(C)Sc2nnc(Cc3cccs3)n2C2CCCCC2)cc(OC)c1. The zero-order valence-electron chi connectivity index (χ0n) is 19.2. The van der Waals surface area contributed by atoms with Crippen molar-refractivity contribution in [2.75, 3.05) is 19.5 Å². The first-order valence-corrected chi connectivity index (χ1v) is 13.0. The van der Waals surface area contributed by atoms with E-state index in [-0.39, 0.29) is 11.2 Å². The van der Waals surface area contributed by atoms with E-state index in [1.54, 1.807) is 43.8 Å². The summed E-state index contributed by atoms with van der Waals surface area (Å²) in [5.74, 6) is 2.13. The van der Waals surface area contributed by atoms with Gasteiger partial charge in [0.05, 0.1) is 19.5 Å². The highest BCUT2D eigenvalue weighted by molar-refractivity contribution is 8.00. The van der Waals surface area contributed by atoms with Crippen LogP contribution in [-0.4, -0.2) is 40.1 Å². The number of anilines is 1. The van der Waals surface area contributed by atoms with Crippen LogP contribution in [0.25, 0.3) is 0 Å². The Bertz CT molecular complexity index is 1040. The molecule has 176 valence electrons. The second-order valence-electron chi connectivity index (χ2n) is 8.17. The molecule has 0 spiro atoms. The number of carbonyl (C=O) groups is 1. The number of hydrogen-bond donors (Lipinski definition) is 1. The van der Waals surface area contributed by atoms with Crippen LogP contribution in [0.4, 0.5) is 5.69 Å². The van der Waals surface area contributed by atoms with Gasteiger partial charge in [0.2, 0.25) is 5.91 Å². The smallest absolute Gasteiger partial charge is 0.237 e. The summed E-state index contributed by atoms with van der Waals surface area (Å²) in [6.07, 6.45) is 6.76. The van der Waals surface area contributed by atoms with E-state index >= 15 is 0 Å². The highest BCUT2D eigenvalue weighted by Gasteiger charge is 2.26. The predicted molar refractivity (Wildman–Crippen MR) is 133 cm³/mol. The van der Waals surface area contributed by atoms with Crippen LogP contribution in [0.5, 0.6) is 11.5 Å². The van der Waals surface area contributed by atoms with E-state index in [1.165, 1.54) is 35.9 Å². The van der Waals surface area contributed by atoms with Gasteiger partial charge in [0.25, 0.3) is 0 Å². The Morgan fingerprint density at radius 1 is 1.18 bits per heavy atom. The third-order valence-corrected chi connectivity index (χ3v) is 7.79. The number of benzene rings is 1. The van der Waals surface area contributed by atoms with Gasteiger partial charge in [-0.1, -0.05) is 37.1 Å². The molecule has 0 aliphatic heterocycles. The van der Waals surface area contributed by atoms with E-state index in [0.717, 1.165) is 30.2 Å². The van der Waals surface area contributed by atoms with Gasteiger partial charge in [0, 0.05) is 41.2 Å². The van der Waals surface area contributed by atoms with Crippen molar-refractivity contribution < 1.29 is 14.3 Å². The summed E-state index contributed by atoms with van der Waals surface area (Å²) in [5.41, 5.74) is 0.635. The van der Waals surface area contributed by atoms with Crippen molar-refractivity contribution in [1.29, 1.82) is 0 Å². The minimum absolute atomic E-state index is 0.103. The second kappa shape index (κ2) is 11.1. The van der Waals surface area contributed by atoms with Gasteiger partial charge < -0.3 is 19.4 Å². The summed E-state index contributed by atoms with van der Waals surface area (Å²) >= 11 is 3.20. The number of methoxy groups -OCH3 is 2. The third-order valence-electron chi connectivity index (χ3n) is 5.86. The van der Waals surface area contributed by atoms with Gasteiger partial charge >= 0.3 is 0 Å². The van der Waals surface area contributed by atoms with Crippen LogP contribution >= 0.6 is 23.1 Å². The predicted octanol–water partition coefficient (Wildman–Crippen LogP) is 5.57. The van der Waals surface area contributed by atoms with E-state index in [0.29, 0.717) is 23.2 Å². The van der Waals surface area contributed by atoms with E-state index in [9.17, 15) is 4.79 Å². The second-order valence-corrected chi connectivity index (χ2v) is 10.5. The highest BCUT2D eigenvalue weighted by atomic mass is 32.2. The lowest BCUT2D eigenvalue weighted by Crippen LogP contribution is -2.24. The lowest BCUT2D eigenvalue weighted by atomic mass is 9.95. The standard InChI is InChI=1S/C24H30N4O3S2/c1-16(23(29)25-17-12-19(30-2)14-20(13-17)31-3)33-24-27-26-22(15-21-10-7-11-32-21)28(24)18-8-5-4-6-9-18/h7,10-14,16,18H,4-6,8-9,15H2,1-3H3,(H,25,29). The number of thioether (sulfide) groups is 1. The monoisotopic (exact) mass is 486 g/mol. The fraction of sp³-hybridized carbons (Fsp3) is 0.458. The molecule has 9 heteroatoms. The summed E-state index contributed by atoms with van der Waals surface area (Å²) < 4.78 is 12.9. The molecule has 3 aromatic rings. The molecule has 1 saturated carbocycles. The summed E-state index contributed by atoms with van der Waals surface area (Å²) in [6.45, 7) is 1.90. The molecule has 1 amide bonds. The van der Waals surface area contributed by atoms with Gasteiger partial charge in [-0.2, -0.15) is 0 Å². The van der Waals surface area contributed by atoms with E-state index in [1.807, 2.05) is 6.92 Å². The van der Waals surface area contributed by atoms with Gasteiger partial charge in [0.1, 0.15) is 17.3 Å². The number of ether oxygens (including phenoxy) is 2. The molecular weight excluding hydrogens is 456 g/mol. The Morgan fingerprint density at radius 3 is 2.55 bits per heavy atom. The van der Waals surface area contributed by atoms with Crippen molar-refractivity contribution in [3.05, 3.63) is 46.4 Å². The van der Waals surface area contributed by atoms with Crippen molar-refractivity contribution in [2.24, 2.45) is 0 Å². The average molecular weight is 487 g/mol. The van der Waals surface area contributed by atoms with Crippen LogP contribution in [0.2, 0.25) is 0 Å². The van der Waals surface area contributed by atoms with Gasteiger partial charge in [-0.15, -0.1) is 21.5 Å². The molecule has 1 aromatic carbocycles. The maximum Gasteiger partial charge on any atom is 0.237 e. The Kier molecular flexibility index (Phi) is 7.93. The van der Waals surface area contributed by atoms with Gasteiger partial charge in [-0.05, 0) is 31.2 Å². The molecule has 1 unspecified atom stereocenters. The number of carbonyl (C=O) groups excluding carboxylic acids is 1. The zero-order valence-corrected chi connectivity index (χ0v) is 20.9.